The number of rotatable bonds is 6. The minimum Gasteiger partial charge on any atom is -0.465 e. The van der Waals surface area contributed by atoms with Gasteiger partial charge in [-0.2, -0.15) is 0 Å². The van der Waals surface area contributed by atoms with Gasteiger partial charge in [-0.05, 0) is 38.6 Å². The highest BCUT2D eigenvalue weighted by molar-refractivity contribution is 7.09. The Balaban J connectivity index is 1.72. The summed E-state index contributed by atoms with van der Waals surface area (Å²) in [6.45, 7) is 4.05. The number of likely N-dealkylation sites (N-methyl/N-ethyl adjacent to an activating group) is 1. The molecule has 3 nitrogen and oxygen atoms in total. The fourth-order valence-corrected chi connectivity index (χ4v) is 2.46. The highest BCUT2D eigenvalue weighted by Crippen LogP contribution is 2.12. The molecule has 0 aliphatic rings. The average Bonchev–Trinajstić information content (AvgIpc) is 2.98. The summed E-state index contributed by atoms with van der Waals surface area (Å²) in [6.07, 6.45) is 6.89. The topological polar surface area (TPSA) is 29.3 Å². The van der Waals surface area contributed by atoms with E-state index in [9.17, 15) is 0 Å². The normalized spacial score (nSPS) is 11.7. The molecule has 0 aromatic carbocycles. The predicted octanol–water partition coefficient (Wildman–Crippen LogP) is 3.23. The van der Waals surface area contributed by atoms with Crippen molar-refractivity contribution in [2.45, 2.75) is 13.3 Å². The van der Waals surface area contributed by atoms with Crippen LogP contribution in [0.2, 0.25) is 0 Å². The summed E-state index contributed by atoms with van der Waals surface area (Å²) < 4.78 is 5.24. The van der Waals surface area contributed by atoms with Gasteiger partial charge in [-0.3, -0.25) is 0 Å². The van der Waals surface area contributed by atoms with Gasteiger partial charge in [0.1, 0.15) is 5.76 Å². The third-order valence-electron chi connectivity index (χ3n) is 2.81. The van der Waals surface area contributed by atoms with Crippen molar-refractivity contribution in [2.24, 2.45) is 0 Å². The molecule has 0 spiro atoms. The second-order valence-electron chi connectivity index (χ2n) is 4.29. The highest BCUT2D eigenvalue weighted by atomic mass is 32.1. The summed E-state index contributed by atoms with van der Waals surface area (Å²) in [5, 5.41) is 0. The molecule has 0 N–H and O–H groups in total. The van der Waals surface area contributed by atoms with E-state index in [2.05, 4.69) is 29.9 Å². The summed E-state index contributed by atoms with van der Waals surface area (Å²) in [4.78, 5) is 7.94. The summed E-state index contributed by atoms with van der Waals surface area (Å²) in [7, 11) is 2.13. The minimum absolute atomic E-state index is 0.904. The molecule has 0 bridgehead atoms. The van der Waals surface area contributed by atoms with E-state index in [0.717, 1.165) is 25.3 Å². The van der Waals surface area contributed by atoms with Crippen LogP contribution in [0.4, 0.5) is 0 Å². The van der Waals surface area contributed by atoms with Gasteiger partial charge < -0.3 is 9.32 Å². The Morgan fingerprint density at radius 2 is 2.39 bits per heavy atom. The Hall–Kier alpha value is -1.39. The zero-order chi connectivity index (χ0) is 12.8. The van der Waals surface area contributed by atoms with Crippen molar-refractivity contribution in [3.63, 3.8) is 0 Å². The number of aryl methyl sites for hydroxylation is 1. The zero-order valence-electron chi connectivity index (χ0n) is 10.8. The van der Waals surface area contributed by atoms with Gasteiger partial charge >= 0.3 is 0 Å². The van der Waals surface area contributed by atoms with Gasteiger partial charge in [0.2, 0.25) is 0 Å². The van der Waals surface area contributed by atoms with E-state index in [0.29, 0.717) is 0 Å². The quantitative estimate of drug-likeness (QED) is 0.800. The number of furan rings is 1. The monoisotopic (exact) mass is 262 g/mol. The summed E-state index contributed by atoms with van der Waals surface area (Å²) in [6, 6.07) is 3.85. The van der Waals surface area contributed by atoms with Crippen LogP contribution >= 0.6 is 11.3 Å². The summed E-state index contributed by atoms with van der Waals surface area (Å²) >= 11 is 1.74. The predicted molar refractivity (Wildman–Crippen MR) is 75.8 cm³/mol. The van der Waals surface area contributed by atoms with Crippen molar-refractivity contribution >= 4 is 17.4 Å². The van der Waals surface area contributed by atoms with E-state index in [1.807, 2.05) is 23.7 Å². The van der Waals surface area contributed by atoms with Crippen LogP contribution in [-0.2, 0) is 6.42 Å². The number of hydrogen-bond acceptors (Lipinski definition) is 4. The average molecular weight is 262 g/mol. The molecular formula is C14H18N2OS. The Morgan fingerprint density at radius 3 is 3.06 bits per heavy atom. The van der Waals surface area contributed by atoms with E-state index in [1.165, 1.54) is 10.6 Å². The fraction of sp³-hybridized carbons (Fsp3) is 0.357. The molecule has 0 saturated heterocycles. The third-order valence-corrected chi connectivity index (χ3v) is 3.80. The van der Waals surface area contributed by atoms with Crippen LogP contribution in [0.1, 0.15) is 16.3 Å². The molecule has 0 atom stereocenters. The van der Waals surface area contributed by atoms with Crippen molar-refractivity contribution in [3.8, 4) is 0 Å². The molecule has 2 rings (SSSR count). The molecule has 2 heterocycles. The summed E-state index contributed by atoms with van der Waals surface area (Å²) in [5.74, 6) is 0.904. The van der Waals surface area contributed by atoms with Gasteiger partial charge in [-0.1, -0.05) is 6.08 Å². The van der Waals surface area contributed by atoms with E-state index in [1.54, 1.807) is 17.6 Å². The minimum atomic E-state index is 0.904. The van der Waals surface area contributed by atoms with Crippen LogP contribution in [0.15, 0.2) is 34.4 Å². The number of thiazole rings is 1. The molecular weight excluding hydrogens is 244 g/mol. The van der Waals surface area contributed by atoms with Crippen LogP contribution in [0, 0.1) is 6.92 Å². The molecule has 2 aromatic heterocycles. The van der Waals surface area contributed by atoms with Gasteiger partial charge in [0, 0.05) is 18.0 Å². The Morgan fingerprint density at radius 1 is 1.50 bits per heavy atom. The molecule has 0 amide bonds. The maximum atomic E-state index is 5.24. The largest absolute Gasteiger partial charge is 0.465 e. The van der Waals surface area contributed by atoms with E-state index < -0.39 is 0 Å². The van der Waals surface area contributed by atoms with E-state index >= 15 is 0 Å². The van der Waals surface area contributed by atoms with Gasteiger partial charge in [-0.25, -0.2) is 4.98 Å². The lowest BCUT2D eigenvalue weighted by Gasteiger charge is -2.13. The SMILES string of the molecule is Cc1ncsc1CCN(C)C/C=C/c1ccco1. The molecule has 0 saturated carbocycles. The standard InChI is InChI=1S/C14H18N2OS/c1-12-14(18-11-15-12)7-9-16(2)8-3-5-13-6-4-10-17-13/h3-6,10-11H,7-9H2,1-2H3/b5-3+. The second-order valence-corrected chi connectivity index (χ2v) is 5.23. The lowest BCUT2D eigenvalue weighted by atomic mass is 10.3. The Kier molecular flexibility index (Phi) is 4.73. The van der Waals surface area contributed by atoms with E-state index in [-0.39, 0.29) is 0 Å². The first-order valence-electron chi connectivity index (χ1n) is 6.03. The first-order valence-corrected chi connectivity index (χ1v) is 6.91. The van der Waals surface area contributed by atoms with Crippen molar-refractivity contribution in [1.29, 1.82) is 0 Å². The smallest absolute Gasteiger partial charge is 0.126 e. The van der Waals surface area contributed by atoms with Crippen molar-refractivity contribution in [2.75, 3.05) is 20.1 Å². The van der Waals surface area contributed by atoms with Gasteiger partial charge in [0.05, 0.1) is 17.5 Å². The lowest BCUT2D eigenvalue weighted by Crippen LogP contribution is -2.21. The highest BCUT2D eigenvalue weighted by Gasteiger charge is 2.02. The second kappa shape index (κ2) is 6.52. The van der Waals surface area contributed by atoms with Crippen LogP contribution < -0.4 is 0 Å². The molecule has 0 radical (unpaired) electrons. The lowest BCUT2D eigenvalue weighted by molar-refractivity contribution is 0.376. The number of nitrogens with zero attached hydrogens (tertiary/aromatic N) is 2. The number of aromatic nitrogens is 1. The molecule has 4 heteroatoms. The fourth-order valence-electron chi connectivity index (χ4n) is 1.68. The molecule has 0 unspecified atom stereocenters. The maximum absolute atomic E-state index is 5.24. The Bertz CT molecular complexity index is 488. The summed E-state index contributed by atoms with van der Waals surface area (Å²) in [5.41, 5.74) is 3.08. The molecule has 96 valence electrons. The first-order chi connectivity index (χ1) is 8.75. The maximum Gasteiger partial charge on any atom is 0.126 e. The van der Waals surface area contributed by atoms with Crippen molar-refractivity contribution in [1.82, 2.24) is 9.88 Å². The number of hydrogen-bond donors (Lipinski definition) is 0. The third kappa shape index (κ3) is 3.82. The molecule has 0 fully saturated rings. The van der Waals surface area contributed by atoms with Crippen LogP contribution in [0.5, 0.6) is 0 Å². The van der Waals surface area contributed by atoms with Crippen molar-refractivity contribution in [3.05, 3.63) is 46.3 Å². The van der Waals surface area contributed by atoms with Gasteiger partial charge in [0.15, 0.2) is 0 Å². The first kappa shape index (κ1) is 13.1. The van der Waals surface area contributed by atoms with Crippen LogP contribution in [0.25, 0.3) is 6.08 Å². The zero-order valence-corrected chi connectivity index (χ0v) is 11.6. The van der Waals surface area contributed by atoms with Crippen LogP contribution in [-0.4, -0.2) is 30.0 Å². The van der Waals surface area contributed by atoms with Gasteiger partial charge in [0.25, 0.3) is 0 Å². The molecule has 0 aliphatic carbocycles. The molecule has 0 aliphatic heterocycles. The Labute approximate surface area is 112 Å². The molecule has 18 heavy (non-hydrogen) atoms. The van der Waals surface area contributed by atoms with Crippen LogP contribution in [0.3, 0.4) is 0 Å². The van der Waals surface area contributed by atoms with Gasteiger partial charge in [-0.15, -0.1) is 11.3 Å². The van der Waals surface area contributed by atoms with E-state index in [4.69, 9.17) is 4.42 Å². The molecule has 2 aromatic rings. The van der Waals surface area contributed by atoms with Crippen molar-refractivity contribution < 1.29 is 4.42 Å².